The lowest BCUT2D eigenvalue weighted by atomic mass is 10.1. The van der Waals surface area contributed by atoms with Crippen molar-refractivity contribution in [2.45, 2.75) is 0 Å². The number of aromatic nitrogens is 1. The molecule has 0 saturated carbocycles. The third kappa shape index (κ3) is 4.51. The van der Waals surface area contributed by atoms with Gasteiger partial charge < -0.3 is 9.47 Å². The number of nitrogens with one attached hydrogen (secondary N) is 1. The number of carbonyl (C=O) groups is 1. The van der Waals surface area contributed by atoms with Gasteiger partial charge in [-0.1, -0.05) is 0 Å². The van der Waals surface area contributed by atoms with E-state index in [1.54, 1.807) is 12.3 Å². The number of ether oxygens (including phenoxy) is 2. The van der Waals surface area contributed by atoms with Gasteiger partial charge in [-0.15, -0.1) is 0 Å². The van der Waals surface area contributed by atoms with Crippen LogP contribution >= 0.6 is 15.9 Å². The molecule has 0 aliphatic carbocycles. The summed E-state index contributed by atoms with van der Waals surface area (Å²) in [6.45, 7) is 0. The van der Waals surface area contributed by atoms with Gasteiger partial charge in [-0.05, 0) is 22.0 Å². The minimum atomic E-state index is -0.582. The second-order valence-electron chi connectivity index (χ2n) is 4.61. The summed E-state index contributed by atoms with van der Waals surface area (Å²) < 4.78 is 10.8. The van der Waals surface area contributed by atoms with Crippen LogP contribution in [0.1, 0.15) is 15.9 Å². The molecule has 0 aliphatic heterocycles. The summed E-state index contributed by atoms with van der Waals surface area (Å²) >= 11 is 3.22. The molecule has 2 rings (SSSR count). The fraction of sp³-hybridized carbons (Fsp3) is 0.133. The van der Waals surface area contributed by atoms with Gasteiger partial charge >= 0.3 is 5.69 Å². The van der Waals surface area contributed by atoms with Crippen molar-refractivity contribution in [1.82, 2.24) is 10.4 Å². The molecule has 0 fully saturated rings. The molecule has 1 amide bonds. The molecular formula is C15H13BrN4O5. The molecule has 0 unspecified atom stereocenters. The van der Waals surface area contributed by atoms with Crippen LogP contribution in [0.5, 0.6) is 11.5 Å². The van der Waals surface area contributed by atoms with E-state index in [9.17, 15) is 14.9 Å². The van der Waals surface area contributed by atoms with Gasteiger partial charge in [-0.25, -0.2) is 5.43 Å². The summed E-state index contributed by atoms with van der Waals surface area (Å²) in [4.78, 5) is 26.4. The molecule has 1 N–H and O–H groups in total. The molecule has 0 aliphatic rings. The normalized spacial score (nSPS) is 10.5. The maximum atomic E-state index is 12.0. The molecular weight excluding hydrogens is 396 g/mol. The van der Waals surface area contributed by atoms with Crippen LogP contribution in [-0.2, 0) is 0 Å². The summed E-state index contributed by atoms with van der Waals surface area (Å²) in [6.07, 6.45) is 4.17. The molecule has 0 spiro atoms. The first kappa shape index (κ1) is 18.3. The van der Waals surface area contributed by atoms with Crippen molar-refractivity contribution >= 4 is 33.7 Å². The van der Waals surface area contributed by atoms with Gasteiger partial charge in [0.1, 0.15) is 5.75 Å². The van der Waals surface area contributed by atoms with Gasteiger partial charge in [0.05, 0.1) is 30.9 Å². The number of hydrogen-bond acceptors (Lipinski definition) is 7. The van der Waals surface area contributed by atoms with E-state index >= 15 is 0 Å². The number of benzene rings is 1. The third-order valence-electron chi connectivity index (χ3n) is 3.06. The van der Waals surface area contributed by atoms with Gasteiger partial charge in [0.15, 0.2) is 0 Å². The van der Waals surface area contributed by atoms with Gasteiger partial charge in [-0.3, -0.25) is 19.9 Å². The Labute approximate surface area is 150 Å². The van der Waals surface area contributed by atoms with Gasteiger partial charge in [0.2, 0.25) is 5.75 Å². The lowest BCUT2D eigenvalue weighted by Crippen LogP contribution is -2.17. The first-order valence-electron chi connectivity index (χ1n) is 6.80. The van der Waals surface area contributed by atoms with E-state index in [0.717, 1.165) is 0 Å². The van der Waals surface area contributed by atoms with Crippen LogP contribution < -0.4 is 14.9 Å². The molecule has 130 valence electrons. The number of nitrogens with zero attached hydrogens (tertiary/aromatic N) is 3. The highest BCUT2D eigenvalue weighted by Gasteiger charge is 2.18. The predicted molar refractivity (Wildman–Crippen MR) is 93.2 cm³/mol. The Morgan fingerprint density at radius 2 is 2.00 bits per heavy atom. The summed E-state index contributed by atoms with van der Waals surface area (Å²) in [5.74, 6) is -0.111. The van der Waals surface area contributed by atoms with Crippen LogP contribution in [0.4, 0.5) is 5.69 Å². The number of amides is 1. The number of nitro groups is 1. The molecule has 0 atom stereocenters. The minimum Gasteiger partial charge on any atom is -0.496 e. The quantitative estimate of drug-likeness (QED) is 0.445. The number of nitro benzene ring substituents is 1. The second-order valence-corrected chi connectivity index (χ2v) is 5.53. The fourth-order valence-corrected chi connectivity index (χ4v) is 2.28. The number of halogens is 1. The number of carbonyl (C=O) groups excluding carboxylic acids is 1. The Morgan fingerprint density at radius 1 is 1.28 bits per heavy atom. The van der Waals surface area contributed by atoms with Crippen molar-refractivity contribution < 1.29 is 19.2 Å². The highest BCUT2D eigenvalue weighted by Crippen LogP contribution is 2.33. The number of pyridine rings is 1. The highest BCUT2D eigenvalue weighted by atomic mass is 79.9. The molecule has 2 aromatic rings. The van der Waals surface area contributed by atoms with E-state index < -0.39 is 10.8 Å². The van der Waals surface area contributed by atoms with Crippen LogP contribution in [0.25, 0.3) is 0 Å². The Kier molecular flexibility index (Phi) is 6.01. The Bertz CT molecular complexity index is 841. The monoisotopic (exact) mass is 408 g/mol. The number of rotatable bonds is 6. The fourth-order valence-electron chi connectivity index (χ4n) is 1.91. The Morgan fingerprint density at radius 3 is 2.60 bits per heavy atom. The number of hydrazone groups is 1. The largest absolute Gasteiger partial charge is 0.496 e. The molecule has 9 nitrogen and oxygen atoms in total. The molecule has 10 heteroatoms. The number of hydrogen-bond donors (Lipinski definition) is 1. The predicted octanol–water partition coefficient (Wildman–Crippen LogP) is 2.53. The van der Waals surface area contributed by atoms with Crippen LogP contribution in [0, 0.1) is 10.1 Å². The average molecular weight is 409 g/mol. The van der Waals surface area contributed by atoms with Crippen molar-refractivity contribution in [2.24, 2.45) is 5.10 Å². The second kappa shape index (κ2) is 8.20. The third-order valence-corrected chi connectivity index (χ3v) is 3.50. The zero-order valence-corrected chi connectivity index (χ0v) is 14.8. The lowest BCUT2D eigenvalue weighted by Gasteiger charge is -2.08. The molecule has 1 aromatic carbocycles. The van der Waals surface area contributed by atoms with E-state index in [-0.39, 0.29) is 11.4 Å². The van der Waals surface area contributed by atoms with E-state index in [2.05, 4.69) is 31.4 Å². The summed E-state index contributed by atoms with van der Waals surface area (Å²) in [5, 5.41) is 14.9. The first-order valence-corrected chi connectivity index (χ1v) is 7.60. The molecule has 25 heavy (non-hydrogen) atoms. The zero-order chi connectivity index (χ0) is 18.4. The molecule has 1 heterocycles. The van der Waals surface area contributed by atoms with Crippen molar-refractivity contribution in [3.63, 3.8) is 0 Å². The van der Waals surface area contributed by atoms with Gasteiger partial charge in [0, 0.05) is 34.6 Å². The first-order chi connectivity index (χ1) is 12.0. The van der Waals surface area contributed by atoms with Gasteiger partial charge in [-0.2, -0.15) is 5.10 Å². The zero-order valence-electron chi connectivity index (χ0n) is 13.2. The molecule has 0 radical (unpaired) electrons. The highest BCUT2D eigenvalue weighted by molar-refractivity contribution is 9.10. The standard InChI is InChI=1S/C15H13BrN4O5/c1-24-13-5-14(25-2)12(20(22)23)4-9(13)7-18-19-15(21)10-3-11(16)8-17-6-10/h3-8H,1-2H3,(H,19,21). The Hall–Kier alpha value is -3.01. The summed E-state index contributed by atoms with van der Waals surface area (Å²) in [6, 6.07) is 4.20. The van der Waals surface area contributed by atoms with Crippen molar-refractivity contribution in [3.8, 4) is 11.5 Å². The van der Waals surface area contributed by atoms with Crippen molar-refractivity contribution in [2.75, 3.05) is 14.2 Å². The van der Waals surface area contributed by atoms with E-state index in [0.29, 0.717) is 21.3 Å². The maximum Gasteiger partial charge on any atom is 0.311 e. The van der Waals surface area contributed by atoms with E-state index in [4.69, 9.17) is 9.47 Å². The maximum absolute atomic E-state index is 12.0. The Balaban J connectivity index is 2.23. The molecule has 0 bridgehead atoms. The molecule has 0 saturated heterocycles. The summed E-state index contributed by atoms with van der Waals surface area (Å²) in [5.41, 5.74) is 2.69. The molecule has 1 aromatic heterocycles. The number of methoxy groups -OCH3 is 2. The van der Waals surface area contributed by atoms with E-state index in [1.807, 2.05) is 0 Å². The summed E-state index contributed by atoms with van der Waals surface area (Å²) in [7, 11) is 2.73. The topological polar surface area (TPSA) is 116 Å². The average Bonchev–Trinajstić information content (AvgIpc) is 2.60. The van der Waals surface area contributed by atoms with Crippen LogP contribution in [0.2, 0.25) is 0 Å². The smallest absolute Gasteiger partial charge is 0.311 e. The SMILES string of the molecule is COc1cc(OC)c([N+](=O)[O-])cc1C=NNC(=O)c1cncc(Br)c1. The van der Waals surface area contributed by atoms with Crippen LogP contribution in [0.3, 0.4) is 0 Å². The van der Waals surface area contributed by atoms with Crippen LogP contribution in [-0.4, -0.2) is 36.2 Å². The lowest BCUT2D eigenvalue weighted by molar-refractivity contribution is -0.385. The minimum absolute atomic E-state index is 0.0586. The van der Waals surface area contributed by atoms with Crippen molar-refractivity contribution in [3.05, 3.63) is 56.3 Å². The van der Waals surface area contributed by atoms with E-state index in [1.165, 1.54) is 38.8 Å². The van der Waals surface area contributed by atoms with Gasteiger partial charge in [0.25, 0.3) is 5.91 Å². The van der Waals surface area contributed by atoms with Crippen LogP contribution in [0.15, 0.2) is 40.2 Å². The van der Waals surface area contributed by atoms with Crippen molar-refractivity contribution in [1.29, 1.82) is 0 Å².